The summed E-state index contributed by atoms with van der Waals surface area (Å²) >= 11 is 0. The van der Waals surface area contributed by atoms with Crippen molar-refractivity contribution in [2.24, 2.45) is 4.99 Å². The molecule has 0 unspecified atom stereocenters. The van der Waals surface area contributed by atoms with E-state index in [4.69, 9.17) is 4.52 Å². The number of aryl methyl sites for hydroxylation is 1. The first-order valence-electron chi connectivity index (χ1n) is 8.17. The molecule has 1 aromatic heterocycles. The van der Waals surface area contributed by atoms with Gasteiger partial charge in [0.2, 0.25) is 0 Å². The van der Waals surface area contributed by atoms with Crippen LogP contribution in [0.15, 0.2) is 33.8 Å². The maximum atomic E-state index is 5.25. The minimum Gasteiger partial charge on any atom is -0.356 e. The van der Waals surface area contributed by atoms with Crippen molar-refractivity contribution in [1.82, 2.24) is 20.8 Å². The van der Waals surface area contributed by atoms with Gasteiger partial charge in [-0.05, 0) is 37.0 Å². The third-order valence-electron chi connectivity index (χ3n) is 3.83. The number of nitrogens with one attached hydrogen (secondary N) is 2. The van der Waals surface area contributed by atoms with Gasteiger partial charge in [0, 0.05) is 31.6 Å². The zero-order valence-electron chi connectivity index (χ0n) is 13.7. The van der Waals surface area contributed by atoms with E-state index in [0.717, 1.165) is 36.7 Å². The van der Waals surface area contributed by atoms with Crippen molar-refractivity contribution in [1.29, 1.82) is 0 Å². The van der Waals surface area contributed by atoms with Gasteiger partial charge in [0.25, 0.3) is 5.89 Å². The molecule has 0 saturated heterocycles. The first-order chi connectivity index (χ1) is 11.3. The molecule has 2 N–H and O–H groups in total. The molecule has 1 aliphatic rings. The predicted molar refractivity (Wildman–Crippen MR) is 90.3 cm³/mol. The lowest BCUT2D eigenvalue weighted by Crippen LogP contribution is -2.39. The van der Waals surface area contributed by atoms with Crippen LogP contribution in [0.4, 0.5) is 0 Å². The zero-order valence-corrected chi connectivity index (χ0v) is 13.7. The van der Waals surface area contributed by atoms with Crippen LogP contribution in [-0.2, 0) is 12.8 Å². The van der Waals surface area contributed by atoms with Gasteiger partial charge >= 0.3 is 0 Å². The van der Waals surface area contributed by atoms with Gasteiger partial charge in [-0.1, -0.05) is 24.2 Å². The molecule has 1 saturated carbocycles. The lowest BCUT2D eigenvalue weighted by atomic mass is 10.1. The highest BCUT2D eigenvalue weighted by Crippen LogP contribution is 2.19. The van der Waals surface area contributed by atoms with E-state index in [1.54, 1.807) is 0 Å². The van der Waals surface area contributed by atoms with E-state index >= 15 is 0 Å². The van der Waals surface area contributed by atoms with Crippen LogP contribution >= 0.6 is 0 Å². The number of aromatic nitrogens is 2. The fourth-order valence-corrected chi connectivity index (χ4v) is 2.27. The Morgan fingerprint density at radius 1 is 1.30 bits per heavy atom. The van der Waals surface area contributed by atoms with E-state index in [1.165, 1.54) is 18.4 Å². The summed E-state index contributed by atoms with van der Waals surface area (Å²) in [5.74, 6) is 2.21. The van der Waals surface area contributed by atoms with Crippen molar-refractivity contribution < 1.29 is 4.52 Å². The summed E-state index contributed by atoms with van der Waals surface area (Å²) < 4.78 is 5.25. The van der Waals surface area contributed by atoms with E-state index in [0.29, 0.717) is 11.9 Å². The van der Waals surface area contributed by atoms with E-state index in [2.05, 4.69) is 37.9 Å². The lowest BCUT2D eigenvalue weighted by molar-refractivity contribution is 0.423. The molecule has 2 aromatic rings. The molecule has 0 atom stereocenters. The van der Waals surface area contributed by atoms with Crippen LogP contribution in [0.25, 0.3) is 11.5 Å². The molecule has 0 spiro atoms. The Morgan fingerprint density at radius 2 is 2.09 bits per heavy atom. The van der Waals surface area contributed by atoms with Crippen molar-refractivity contribution in [2.45, 2.75) is 38.6 Å². The lowest BCUT2D eigenvalue weighted by Gasteiger charge is -2.11. The molecule has 6 heteroatoms. The van der Waals surface area contributed by atoms with Gasteiger partial charge in [-0.3, -0.25) is 4.99 Å². The molecule has 1 aromatic carbocycles. The van der Waals surface area contributed by atoms with Crippen molar-refractivity contribution in [3.8, 4) is 11.5 Å². The van der Waals surface area contributed by atoms with Gasteiger partial charge < -0.3 is 15.2 Å². The zero-order chi connectivity index (χ0) is 16.1. The number of hydrogen-bond acceptors (Lipinski definition) is 4. The summed E-state index contributed by atoms with van der Waals surface area (Å²) in [4.78, 5) is 8.57. The molecular formula is C17H23N5O. The molecular weight excluding hydrogens is 290 g/mol. The molecule has 1 fully saturated rings. The molecule has 122 valence electrons. The van der Waals surface area contributed by atoms with Gasteiger partial charge in [0.1, 0.15) is 0 Å². The highest BCUT2D eigenvalue weighted by molar-refractivity contribution is 5.80. The van der Waals surface area contributed by atoms with Crippen LogP contribution in [0.1, 0.15) is 31.2 Å². The Bertz CT molecular complexity index is 658. The molecule has 0 amide bonds. The summed E-state index contributed by atoms with van der Waals surface area (Å²) in [5, 5.41) is 10.6. The standard InChI is InChI=1S/C17H23N5O/c1-3-15-21-16(23-22-15)13-6-4-12(5-7-13)10-11-19-17(18-2)20-14-8-9-14/h4-7,14H,3,8-11H2,1-2H3,(H2,18,19,20). The number of nitrogens with zero attached hydrogens (tertiary/aromatic N) is 3. The van der Waals surface area contributed by atoms with Crippen LogP contribution < -0.4 is 10.6 Å². The average Bonchev–Trinajstić information content (AvgIpc) is 3.27. The van der Waals surface area contributed by atoms with Crippen LogP contribution in [-0.4, -0.2) is 35.7 Å². The number of rotatable bonds is 6. The Morgan fingerprint density at radius 3 is 2.70 bits per heavy atom. The Kier molecular flexibility index (Phi) is 4.90. The topological polar surface area (TPSA) is 75.3 Å². The van der Waals surface area contributed by atoms with Crippen LogP contribution in [0.2, 0.25) is 0 Å². The van der Waals surface area contributed by atoms with Gasteiger partial charge in [0.05, 0.1) is 0 Å². The SMILES string of the molecule is CCc1noc(-c2ccc(CCNC(=NC)NC3CC3)cc2)n1. The highest BCUT2D eigenvalue weighted by Gasteiger charge is 2.21. The molecule has 0 bridgehead atoms. The average molecular weight is 313 g/mol. The monoisotopic (exact) mass is 313 g/mol. The second kappa shape index (κ2) is 7.26. The van der Waals surface area contributed by atoms with Gasteiger partial charge in [-0.15, -0.1) is 0 Å². The summed E-state index contributed by atoms with van der Waals surface area (Å²) in [6, 6.07) is 8.87. The number of benzene rings is 1. The molecule has 6 nitrogen and oxygen atoms in total. The summed E-state index contributed by atoms with van der Waals surface area (Å²) in [6.45, 7) is 2.86. The summed E-state index contributed by atoms with van der Waals surface area (Å²) in [6.07, 6.45) is 4.22. The van der Waals surface area contributed by atoms with E-state index < -0.39 is 0 Å². The Hall–Kier alpha value is -2.37. The fourth-order valence-electron chi connectivity index (χ4n) is 2.27. The summed E-state index contributed by atoms with van der Waals surface area (Å²) in [5.41, 5.74) is 2.22. The third-order valence-corrected chi connectivity index (χ3v) is 3.83. The Labute approximate surface area is 136 Å². The fraction of sp³-hybridized carbons (Fsp3) is 0.471. The smallest absolute Gasteiger partial charge is 0.257 e. The second-order valence-corrected chi connectivity index (χ2v) is 5.73. The van der Waals surface area contributed by atoms with E-state index in [1.807, 2.05) is 26.1 Å². The summed E-state index contributed by atoms with van der Waals surface area (Å²) in [7, 11) is 1.81. The normalized spacial score (nSPS) is 14.8. The van der Waals surface area contributed by atoms with Gasteiger partial charge in [-0.2, -0.15) is 4.98 Å². The predicted octanol–water partition coefficient (Wildman–Crippen LogP) is 2.17. The highest BCUT2D eigenvalue weighted by atomic mass is 16.5. The third kappa shape index (κ3) is 4.31. The molecule has 3 rings (SSSR count). The van der Waals surface area contributed by atoms with Crippen molar-refractivity contribution in [3.05, 3.63) is 35.7 Å². The molecule has 23 heavy (non-hydrogen) atoms. The maximum Gasteiger partial charge on any atom is 0.257 e. The minimum atomic E-state index is 0.584. The van der Waals surface area contributed by atoms with E-state index in [-0.39, 0.29) is 0 Å². The number of hydrogen-bond donors (Lipinski definition) is 2. The second-order valence-electron chi connectivity index (χ2n) is 5.73. The first-order valence-corrected chi connectivity index (χ1v) is 8.17. The van der Waals surface area contributed by atoms with Crippen LogP contribution in [0.3, 0.4) is 0 Å². The number of guanidine groups is 1. The molecule has 0 aliphatic heterocycles. The van der Waals surface area contributed by atoms with Gasteiger partial charge in [-0.25, -0.2) is 0 Å². The van der Waals surface area contributed by atoms with Crippen LogP contribution in [0, 0.1) is 0 Å². The van der Waals surface area contributed by atoms with Gasteiger partial charge in [0.15, 0.2) is 11.8 Å². The molecule has 1 aliphatic carbocycles. The van der Waals surface area contributed by atoms with Crippen LogP contribution in [0.5, 0.6) is 0 Å². The molecule has 1 heterocycles. The maximum absolute atomic E-state index is 5.25. The first kappa shape index (κ1) is 15.5. The number of aliphatic imine (C=N–C) groups is 1. The van der Waals surface area contributed by atoms with Crippen molar-refractivity contribution in [2.75, 3.05) is 13.6 Å². The minimum absolute atomic E-state index is 0.584. The van der Waals surface area contributed by atoms with E-state index in [9.17, 15) is 0 Å². The Balaban J connectivity index is 1.50. The van der Waals surface area contributed by atoms with Crippen molar-refractivity contribution in [3.63, 3.8) is 0 Å². The molecule has 0 radical (unpaired) electrons. The quantitative estimate of drug-likeness (QED) is 0.631. The van der Waals surface area contributed by atoms with Crippen molar-refractivity contribution >= 4 is 5.96 Å². The largest absolute Gasteiger partial charge is 0.356 e.